The lowest BCUT2D eigenvalue weighted by Crippen LogP contribution is -1.95. The maximum Gasteiger partial charge on any atom is 0.195 e. The van der Waals surface area contributed by atoms with E-state index in [4.69, 9.17) is 20.8 Å². The van der Waals surface area contributed by atoms with E-state index in [9.17, 15) is 4.79 Å². The lowest BCUT2D eigenvalue weighted by Gasteiger charge is -2.08. The Morgan fingerprint density at radius 1 is 1.25 bits per heavy atom. The topological polar surface area (TPSA) is 39.4 Å². The Morgan fingerprint density at radius 3 is 2.92 bits per heavy atom. The number of carbonyl (C=O) groups excluding carboxylic acids is 1. The van der Waals surface area contributed by atoms with Crippen LogP contribution in [0.2, 0.25) is 5.02 Å². The molecular weight excluding hydrogens is 344 g/mol. The molecule has 3 rings (SSSR count). The van der Waals surface area contributed by atoms with E-state index >= 15 is 0 Å². The number of benzene rings is 1. The normalized spacial score (nSPS) is 11.1. The van der Waals surface area contributed by atoms with Crippen molar-refractivity contribution in [3.8, 4) is 5.75 Å². The Kier molecular flexibility index (Phi) is 5.18. The highest BCUT2D eigenvalue weighted by molar-refractivity contribution is 7.12. The molecule has 0 aliphatic carbocycles. The van der Waals surface area contributed by atoms with E-state index in [0.29, 0.717) is 28.0 Å². The van der Waals surface area contributed by atoms with Crippen molar-refractivity contribution in [1.29, 1.82) is 0 Å². The molecule has 0 bridgehead atoms. The molecule has 3 nitrogen and oxygen atoms in total. The molecular formula is C19H15ClO3S. The molecule has 2 heterocycles. The highest BCUT2D eigenvalue weighted by Crippen LogP contribution is 2.26. The van der Waals surface area contributed by atoms with E-state index in [0.717, 1.165) is 11.3 Å². The number of hydrogen-bond donors (Lipinski definition) is 0. The van der Waals surface area contributed by atoms with Gasteiger partial charge in [-0.2, -0.15) is 0 Å². The molecule has 0 radical (unpaired) electrons. The van der Waals surface area contributed by atoms with Crippen LogP contribution in [-0.4, -0.2) is 5.78 Å². The summed E-state index contributed by atoms with van der Waals surface area (Å²) >= 11 is 7.49. The Hall–Kier alpha value is -2.30. The number of hydrogen-bond acceptors (Lipinski definition) is 4. The summed E-state index contributed by atoms with van der Waals surface area (Å²) in [5.41, 5.74) is 0.896. The van der Waals surface area contributed by atoms with Gasteiger partial charge < -0.3 is 9.15 Å². The van der Waals surface area contributed by atoms with Crippen molar-refractivity contribution < 1.29 is 13.9 Å². The average molecular weight is 359 g/mol. The summed E-state index contributed by atoms with van der Waals surface area (Å²) < 4.78 is 11.4. The molecule has 0 saturated carbocycles. The number of rotatable bonds is 6. The number of allylic oxidation sites excluding steroid dienone is 1. The van der Waals surface area contributed by atoms with Gasteiger partial charge in [0.25, 0.3) is 0 Å². The Morgan fingerprint density at radius 2 is 2.12 bits per heavy atom. The number of ketones is 1. The van der Waals surface area contributed by atoms with Crippen molar-refractivity contribution >= 4 is 34.8 Å². The van der Waals surface area contributed by atoms with Crippen molar-refractivity contribution in [2.75, 3.05) is 0 Å². The highest BCUT2D eigenvalue weighted by atomic mass is 35.5. The molecule has 0 aliphatic rings. The molecule has 1 aromatic carbocycles. The van der Waals surface area contributed by atoms with Crippen LogP contribution in [0.1, 0.15) is 26.8 Å². The smallest absolute Gasteiger partial charge is 0.195 e. The van der Waals surface area contributed by atoms with E-state index in [1.807, 2.05) is 48.7 Å². The molecule has 3 aromatic rings. The summed E-state index contributed by atoms with van der Waals surface area (Å²) in [5, 5.41) is 2.55. The van der Waals surface area contributed by atoms with Gasteiger partial charge in [0.15, 0.2) is 5.78 Å². The van der Waals surface area contributed by atoms with Gasteiger partial charge in [-0.25, -0.2) is 0 Å². The summed E-state index contributed by atoms with van der Waals surface area (Å²) in [6.45, 7) is 2.21. The molecule has 0 unspecified atom stereocenters. The van der Waals surface area contributed by atoms with Crippen LogP contribution in [0.25, 0.3) is 6.08 Å². The standard InChI is InChI=1S/C19H15ClO3S/c1-13-16(20)4-2-5-18(13)22-12-15-8-7-14(23-15)9-10-17(21)19-6-3-11-24-19/h2-11H,12H2,1H3/b10-9+. The number of halogens is 1. The largest absolute Gasteiger partial charge is 0.485 e. The fourth-order valence-corrected chi connectivity index (χ4v) is 2.92. The lowest BCUT2D eigenvalue weighted by molar-refractivity contribution is 0.105. The van der Waals surface area contributed by atoms with Crippen molar-refractivity contribution in [2.24, 2.45) is 0 Å². The lowest BCUT2D eigenvalue weighted by atomic mass is 10.2. The first-order valence-corrected chi connectivity index (χ1v) is 8.62. The summed E-state index contributed by atoms with van der Waals surface area (Å²) in [4.78, 5) is 12.6. The van der Waals surface area contributed by atoms with Gasteiger partial charge in [-0.3, -0.25) is 4.79 Å². The van der Waals surface area contributed by atoms with Crippen molar-refractivity contribution in [2.45, 2.75) is 13.5 Å². The van der Waals surface area contributed by atoms with Crippen molar-refractivity contribution in [3.63, 3.8) is 0 Å². The molecule has 0 saturated heterocycles. The minimum absolute atomic E-state index is 0.0336. The van der Waals surface area contributed by atoms with Gasteiger partial charge in [0.2, 0.25) is 0 Å². The molecule has 0 spiro atoms. The zero-order chi connectivity index (χ0) is 16.9. The van der Waals surface area contributed by atoms with Crippen LogP contribution in [0.3, 0.4) is 0 Å². The second-order valence-corrected chi connectivity index (χ2v) is 6.49. The van der Waals surface area contributed by atoms with Gasteiger partial charge in [-0.15, -0.1) is 11.3 Å². The number of thiophene rings is 1. The first kappa shape index (κ1) is 16.6. The van der Waals surface area contributed by atoms with Gasteiger partial charge in [-0.05, 0) is 54.8 Å². The van der Waals surface area contributed by atoms with E-state index in [1.165, 1.54) is 17.4 Å². The summed E-state index contributed by atoms with van der Waals surface area (Å²) in [7, 11) is 0. The van der Waals surface area contributed by atoms with E-state index in [-0.39, 0.29) is 5.78 Å². The third-order valence-electron chi connectivity index (χ3n) is 3.43. The Labute approximate surface area is 149 Å². The quantitative estimate of drug-likeness (QED) is 0.414. The van der Waals surface area contributed by atoms with E-state index < -0.39 is 0 Å². The molecule has 2 aromatic heterocycles. The maximum atomic E-state index is 11.9. The molecule has 24 heavy (non-hydrogen) atoms. The molecule has 0 fully saturated rings. The maximum absolute atomic E-state index is 11.9. The van der Waals surface area contributed by atoms with Crippen LogP contribution in [0.15, 0.2) is 58.3 Å². The van der Waals surface area contributed by atoms with Crippen LogP contribution in [-0.2, 0) is 6.61 Å². The predicted octanol–water partition coefficient (Wildman–Crippen LogP) is 5.78. The number of ether oxygens (including phenoxy) is 1. The first-order valence-electron chi connectivity index (χ1n) is 7.36. The minimum Gasteiger partial charge on any atom is -0.485 e. The minimum atomic E-state index is -0.0336. The fourth-order valence-electron chi connectivity index (χ4n) is 2.11. The molecule has 122 valence electrons. The Balaban J connectivity index is 1.61. The second kappa shape index (κ2) is 7.51. The summed E-state index contributed by atoms with van der Waals surface area (Å²) in [5.74, 6) is 1.98. The van der Waals surface area contributed by atoms with E-state index in [1.54, 1.807) is 12.1 Å². The fraction of sp³-hybridized carbons (Fsp3) is 0.105. The number of carbonyl (C=O) groups is 1. The zero-order valence-corrected chi connectivity index (χ0v) is 14.6. The summed E-state index contributed by atoms with van der Waals surface area (Å²) in [6, 6.07) is 12.8. The van der Waals surface area contributed by atoms with Crippen LogP contribution in [0.4, 0.5) is 0 Å². The first-order chi connectivity index (χ1) is 11.6. The van der Waals surface area contributed by atoms with Gasteiger partial charge in [0.05, 0.1) is 4.88 Å². The highest BCUT2D eigenvalue weighted by Gasteiger charge is 2.06. The van der Waals surface area contributed by atoms with Crippen LogP contribution < -0.4 is 4.74 Å². The van der Waals surface area contributed by atoms with Crippen molar-refractivity contribution in [1.82, 2.24) is 0 Å². The van der Waals surface area contributed by atoms with Gasteiger partial charge in [0, 0.05) is 10.6 Å². The molecule has 0 atom stereocenters. The van der Waals surface area contributed by atoms with Crippen LogP contribution >= 0.6 is 22.9 Å². The zero-order valence-electron chi connectivity index (χ0n) is 13.0. The Bertz CT molecular complexity index is 863. The van der Waals surface area contributed by atoms with Gasteiger partial charge in [-0.1, -0.05) is 23.7 Å². The predicted molar refractivity (Wildman–Crippen MR) is 96.9 cm³/mol. The third-order valence-corrected chi connectivity index (χ3v) is 4.73. The number of furan rings is 1. The average Bonchev–Trinajstić information content (AvgIpc) is 3.26. The van der Waals surface area contributed by atoms with Crippen LogP contribution in [0, 0.1) is 6.92 Å². The third kappa shape index (κ3) is 3.96. The van der Waals surface area contributed by atoms with E-state index in [2.05, 4.69) is 0 Å². The molecule has 0 N–H and O–H groups in total. The van der Waals surface area contributed by atoms with Gasteiger partial charge in [0.1, 0.15) is 23.9 Å². The molecule has 0 amide bonds. The van der Waals surface area contributed by atoms with Crippen molar-refractivity contribution in [3.05, 3.63) is 80.9 Å². The second-order valence-electron chi connectivity index (χ2n) is 5.13. The molecule has 0 aliphatic heterocycles. The molecule has 5 heteroatoms. The monoisotopic (exact) mass is 358 g/mol. The summed E-state index contributed by atoms with van der Waals surface area (Å²) in [6.07, 6.45) is 3.17. The van der Waals surface area contributed by atoms with Crippen LogP contribution in [0.5, 0.6) is 5.75 Å². The SMILES string of the molecule is Cc1c(Cl)cccc1OCc1ccc(/C=C/C(=O)c2cccs2)o1. The van der Waals surface area contributed by atoms with Gasteiger partial charge >= 0.3 is 0 Å².